The molecule has 0 saturated heterocycles. The molecule has 3 rings (SSSR count). The smallest absolute Gasteiger partial charge is 0.0748 e. The maximum atomic E-state index is 5.61. The Labute approximate surface area is 114 Å². The van der Waals surface area contributed by atoms with E-state index in [-0.39, 0.29) is 11.6 Å². The lowest BCUT2D eigenvalue weighted by molar-refractivity contribution is 0.453. The van der Waals surface area contributed by atoms with E-state index in [0.29, 0.717) is 0 Å². The fourth-order valence-corrected chi connectivity index (χ4v) is 2.71. The van der Waals surface area contributed by atoms with Crippen LogP contribution in [0.5, 0.6) is 0 Å². The van der Waals surface area contributed by atoms with Crippen LogP contribution >= 0.6 is 0 Å². The highest BCUT2D eigenvalue weighted by Crippen LogP contribution is 2.43. The number of benzene rings is 2. The summed E-state index contributed by atoms with van der Waals surface area (Å²) in [5.41, 5.74) is 4.92. The van der Waals surface area contributed by atoms with Gasteiger partial charge in [-0.15, -0.1) is 6.42 Å². The van der Waals surface area contributed by atoms with E-state index < -0.39 is 0 Å². The van der Waals surface area contributed by atoms with Crippen molar-refractivity contribution in [2.24, 2.45) is 0 Å². The highest BCUT2D eigenvalue weighted by atomic mass is 15.0. The molecule has 0 fully saturated rings. The first-order valence-corrected chi connectivity index (χ1v) is 6.56. The second-order valence-corrected chi connectivity index (χ2v) is 5.52. The Morgan fingerprint density at radius 2 is 1.42 bits per heavy atom. The molecule has 0 radical (unpaired) electrons. The van der Waals surface area contributed by atoms with Gasteiger partial charge in [0.15, 0.2) is 0 Å². The van der Waals surface area contributed by atoms with Crippen LogP contribution in [0.1, 0.15) is 31.0 Å². The van der Waals surface area contributed by atoms with Crippen molar-refractivity contribution in [2.75, 3.05) is 0 Å². The van der Waals surface area contributed by atoms with E-state index in [9.17, 15) is 0 Å². The van der Waals surface area contributed by atoms with E-state index in [1.807, 2.05) is 13.8 Å². The van der Waals surface area contributed by atoms with Gasteiger partial charge in [-0.25, -0.2) is 0 Å². The molecule has 0 bridgehead atoms. The molecule has 0 spiro atoms. The molecule has 0 aromatic heterocycles. The van der Waals surface area contributed by atoms with Crippen LogP contribution in [0.25, 0.3) is 11.1 Å². The first-order chi connectivity index (χ1) is 9.12. The van der Waals surface area contributed by atoms with E-state index in [2.05, 4.69) is 59.8 Å². The molecule has 19 heavy (non-hydrogen) atoms. The minimum atomic E-state index is -0.324. The van der Waals surface area contributed by atoms with Crippen LogP contribution in [-0.4, -0.2) is 5.54 Å². The van der Waals surface area contributed by atoms with Gasteiger partial charge in [0, 0.05) is 0 Å². The van der Waals surface area contributed by atoms with Crippen molar-refractivity contribution in [3.05, 3.63) is 59.7 Å². The standard InChI is InChI=1S/C18H17N/c1-4-18(2,3)19-17-15-11-7-5-9-13(15)14-10-6-8-12-16(14)17/h1,5-12,17,19H,2-3H3. The first-order valence-electron chi connectivity index (χ1n) is 6.56. The molecule has 0 amide bonds. The molecule has 2 aromatic carbocycles. The summed E-state index contributed by atoms with van der Waals surface area (Å²) in [7, 11) is 0. The van der Waals surface area contributed by atoms with Gasteiger partial charge in [-0.2, -0.15) is 0 Å². The van der Waals surface area contributed by atoms with Gasteiger partial charge in [-0.05, 0) is 36.1 Å². The number of terminal acetylenes is 1. The Morgan fingerprint density at radius 3 is 1.89 bits per heavy atom. The van der Waals surface area contributed by atoms with E-state index in [1.165, 1.54) is 22.3 Å². The molecule has 1 aliphatic rings. The lowest BCUT2D eigenvalue weighted by atomic mass is 9.99. The van der Waals surface area contributed by atoms with Gasteiger partial charge in [-0.3, -0.25) is 5.32 Å². The maximum absolute atomic E-state index is 5.61. The van der Waals surface area contributed by atoms with Crippen molar-refractivity contribution in [1.82, 2.24) is 5.32 Å². The number of hydrogen-bond donors (Lipinski definition) is 1. The topological polar surface area (TPSA) is 12.0 Å². The molecule has 0 heterocycles. The number of nitrogens with one attached hydrogen (secondary N) is 1. The second kappa shape index (κ2) is 4.26. The van der Waals surface area contributed by atoms with Crippen LogP contribution in [0.2, 0.25) is 0 Å². The average molecular weight is 247 g/mol. The fraction of sp³-hybridized carbons (Fsp3) is 0.222. The normalized spacial score (nSPS) is 13.7. The summed E-state index contributed by atoms with van der Waals surface area (Å²) in [5.74, 6) is 2.82. The van der Waals surface area contributed by atoms with Gasteiger partial charge in [0.25, 0.3) is 0 Å². The average Bonchev–Trinajstić information content (AvgIpc) is 2.74. The van der Waals surface area contributed by atoms with Gasteiger partial charge < -0.3 is 0 Å². The van der Waals surface area contributed by atoms with Crippen LogP contribution in [-0.2, 0) is 0 Å². The molecule has 0 aliphatic heterocycles. The van der Waals surface area contributed by atoms with Gasteiger partial charge in [0.05, 0.1) is 11.6 Å². The van der Waals surface area contributed by atoms with E-state index in [4.69, 9.17) is 6.42 Å². The molecule has 94 valence electrons. The van der Waals surface area contributed by atoms with Crippen molar-refractivity contribution in [2.45, 2.75) is 25.4 Å². The number of rotatable bonds is 2. The lowest BCUT2D eigenvalue weighted by Crippen LogP contribution is -2.40. The van der Waals surface area contributed by atoms with Crippen LogP contribution in [0.15, 0.2) is 48.5 Å². The van der Waals surface area contributed by atoms with E-state index >= 15 is 0 Å². The summed E-state index contributed by atoms with van der Waals surface area (Å²) in [4.78, 5) is 0. The van der Waals surface area contributed by atoms with Gasteiger partial charge in [0.1, 0.15) is 0 Å². The minimum absolute atomic E-state index is 0.179. The Bertz CT molecular complexity index is 616. The molecule has 1 nitrogen and oxygen atoms in total. The summed E-state index contributed by atoms with van der Waals surface area (Å²) in [6.07, 6.45) is 5.61. The Hall–Kier alpha value is -2.04. The predicted octanol–water partition coefficient (Wildman–Crippen LogP) is 3.76. The molecule has 0 atom stereocenters. The largest absolute Gasteiger partial charge is 0.291 e. The molecule has 1 heteroatoms. The molecular formula is C18H17N. The van der Waals surface area contributed by atoms with Crippen molar-refractivity contribution in [3.63, 3.8) is 0 Å². The molecule has 1 aliphatic carbocycles. The van der Waals surface area contributed by atoms with Crippen LogP contribution in [0.4, 0.5) is 0 Å². The zero-order valence-corrected chi connectivity index (χ0v) is 11.3. The SMILES string of the molecule is C#CC(C)(C)NC1c2ccccc2-c2ccccc21. The molecule has 0 saturated carbocycles. The number of hydrogen-bond acceptors (Lipinski definition) is 1. The highest BCUT2D eigenvalue weighted by Gasteiger charge is 2.31. The van der Waals surface area contributed by atoms with E-state index in [0.717, 1.165) is 0 Å². The number of fused-ring (bicyclic) bond motifs is 3. The summed E-state index contributed by atoms with van der Waals surface area (Å²) < 4.78 is 0. The van der Waals surface area contributed by atoms with Crippen molar-refractivity contribution >= 4 is 0 Å². The minimum Gasteiger partial charge on any atom is -0.291 e. The Morgan fingerprint density at radius 1 is 0.947 bits per heavy atom. The quantitative estimate of drug-likeness (QED) is 0.797. The van der Waals surface area contributed by atoms with Gasteiger partial charge in [-0.1, -0.05) is 54.5 Å². The van der Waals surface area contributed by atoms with Crippen molar-refractivity contribution in [1.29, 1.82) is 0 Å². The second-order valence-electron chi connectivity index (χ2n) is 5.52. The lowest BCUT2D eigenvalue weighted by Gasteiger charge is -2.26. The summed E-state index contributed by atoms with van der Waals surface area (Å²) in [6, 6.07) is 17.2. The monoisotopic (exact) mass is 247 g/mol. The third kappa shape index (κ3) is 1.95. The fourth-order valence-electron chi connectivity index (χ4n) is 2.71. The summed E-state index contributed by atoms with van der Waals surface area (Å²) in [6.45, 7) is 4.08. The van der Waals surface area contributed by atoms with E-state index in [1.54, 1.807) is 0 Å². The van der Waals surface area contributed by atoms with Crippen molar-refractivity contribution < 1.29 is 0 Å². The highest BCUT2D eigenvalue weighted by molar-refractivity contribution is 5.78. The third-order valence-electron chi connectivity index (χ3n) is 3.70. The molecule has 1 N–H and O–H groups in total. The zero-order chi connectivity index (χ0) is 13.5. The Kier molecular flexibility index (Phi) is 2.69. The van der Waals surface area contributed by atoms with Gasteiger partial charge in [0.2, 0.25) is 0 Å². The summed E-state index contributed by atoms with van der Waals surface area (Å²) >= 11 is 0. The van der Waals surface area contributed by atoms with Crippen molar-refractivity contribution in [3.8, 4) is 23.5 Å². The molecule has 0 unspecified atom stereocenters. The Balaban J connectivity index is 2.13. The van der Waals surface area contributed by atoms with Crippen LogP contribution in [0, 0.1) is 12.3 Å². The first kappa shape index (κ1) is 12.0. The van der Waals surface area contributed by atoms with Gasteiger partial charge >= 0.3 is 0 Å². The molecular weight excluding hydrogens is 230 g/mol. The predicted molar refractivity (Wildman–Crippen MR) is 79.8 cm³/mol. The molecule has 2 aromatic rings. The van der Waals surface area contributed by atoms with Crippen LogP contribution in [0.3, 0.4) is 0 Å². The maximum Gasteiger partial charge on any atom is 0.0748 e. The zero-order valence-electron chi connectivity index (χ0n) is 11.3. The third-order valence-corrected chi connectivity index (χ3v) is 3.70. The van der Waals surface area contributed by atoms with Crippen LogP contribution < -0.4 is 5.32 Å². The summed E-state index contributed by atoms with van der Waals surface area (Å²) in [5, 5.41) is 3.58.